The van der Waals surface area contributed by atoms with E-state index < -0.39 is 18.0 Å². The van der Waals surface area contributed by atoms with Crippen LogP contribution in [0, 0.1) is 5.92 Å². The number of nitrogens with one attached hydrogen (secondary N) is 2. The Morgan fingerprint density at radius 2 is 1.84 bits per heavy atom. The number of carbonyl (C=O) groups excluding carboxylic acids is 1. The number of alkyl halides is 3. The van der Waals surface area contributed by atoms with Crippen molar-refractivity contribution in [2.45, 2.75) is 50.4 Å². The lowest BCUT2D eigenvalue weighted by molar-refractivity contribution is -0.182. The monoisotopic (exact) mass is 572 g/mol. The summed E-state index contributed by atoms with van der Waals surface area (Å²) in [5.74, 6) is -1.36. The van der Waals surface area contributed by atoms with Crippen molar-refractivity contribution in [3.63, 3.8) is 0 Å². The molecular formula is C24H25Cl2F3N6O3. The normalized spacial score (nSPS) is 22.0. The van der Waals surface area contributed by atoms with Crippen molar-refractivity contribution in [1.82, 2.24) is 24.8 Å². The number of carbonyl (C=O) groups is 1. The molecule has 3 aromatic rings. The highest BCUT2D eigenvalue weighted by Crippen LogP contribution is 2.38. The first-order chi connectivity index (χ1) is 18.1. The molecule has 1 saturated carbocycles. The van der Waals surface area contributed by atoms with Crippen molar-refractivity contribution in [1.29, 1.82) is 0 Å². The van der Waals surface area contributed by atoms with Crippen LogP contribution in [0.2, 0.25) is 10.0 Å². The number of ether oxygens (including phenoxy) is 2. The van der Waals surface area contributed by atoms with Crippen LogP contribution in [0.15, 0.2) is 18.5 Å². The van der Waals surface area contributed by atoms with E-state index in [9.17, 15) is 18.0 Å². The topological polar surface area (TPSA) is 103 Å². The second-order valence-electron chi connectivity index (χ2n) is 9.45. The molecule has 0 radical (unpaired) electrons. The number of fused-ring (bicyclic) bond motifs is 1. The van der Waals surface area contributed by atoms with Gasteiger partial charge in [-0.2, -0.15) is 18.2 Å². The van der Waals surface area contributed by atoms with E-state index >= 15 is 0 Å². The number of halogens is 5. The minimum atomic E-state index is -4.22. The number of pyridine rings is 2. The van der Waals surface area contributed by atoms with E-state index in [4.69, 9.17) is 32.7 Å². The van der Waals surface area contributed by atoms with Crippen molar-refractivity contribution in [3.8, 4) is 5.88 Å². The molecule has 1 atom stereocenters. The Balaban J connectivity index is 1.43. The van der Waals surface area contributed by atoms with E-state index in [0.717, 1.165) is 0 Å². The molecule has 9 nitrogen and oxygen atoms in total. The van der Waals surface area contributed by atoms with Gasteiger partial charge in [0, 0.05) is 31.9 Å². The number of anilines is 2. The molecule has 14 heteroatoms. The first-order valence-electron chi connectivity index (χ1n) is 12.2. The van der Waals surface area contributed by atoms with Gasteiger partial charge in [0.2, 0.25) is 11.8 Å². The lowest BCUT2D eigenvalue weighted by Crippen LogP contribution is -2.40. The first-order valence-corrected chi connectivity index (χ1v) is 12.9. The van der Waals surface area contributed by atoms with Gasteiger partial charge in [-0.05, 0) is 31.7 Å². The molecule has 3 aromatic heterocycles. The molecule has 1 aliphatic carbocycles. The SMILES string of the molecule is Cn1c(Nc2c(Cl)cncc2Cl)nc2cc(C(=O)NC3CCC(C(F)(F)F)CC3)c(OC3CCOC3)nc21. The van der Waals surface area contributed by atoms with Crippen LogP contribution in [-0.2, 0) is 11.8 Å². The predicted molar refractivity (Wildman–Crippen MR) is 135 cm³/mol. The number of amides is 1. The van der Waals surface area contributed by atoms with Gasteiger partial charge in [-0.25, -0.2) is 4.98 Å². The molecule has 5 rings (SSSR count). The summed E-state index contributed by atoms with van der Waals surface area (Å²) in [6.07, 6.45) is -0.550. The first kappa shape index (κ1) is 26.8. The maximum absolute atomic E-state index is 13.3. The van der Waals surface area contributed by atoms with Crippen molar-refractivity contribution in [2.75, 3.05) is 18.5 Å². The van der Waals surface area contributed by atoms with Crippen LogP contribution in [-0.4, -0.2) is 57.0 Å². The van der Waals surface area contributed by atoms with E-state index in [0.29, 0.717) is 52.5 Å². The van der Waals surface area contributed by atoms with Crippen molar-refractivity contribution in [3.05, 3.63) is 34.1 Å². The van der Waals surface area contributed by atoms with Gasteiger partial charge in [-0.3, -0.25) is 14.3 Å². The standard InChI is InChI=1S/C24H25Cl2F3N6O3/c1-35-20-18(32-23(35)33-19-16(25)9-30-10-17(19)26)8-15(22(34-20)38-14-6-7-37-11-14)21(36)31-13-4-2-12(3-5-13)24(27,28)29/h8-10,12-14H,2-7,11H2,1H3,(H,31,36)(H,30,32,33). The molecule has 0 bridgehead atoms. The van der Waals surface area contributed by atoms with Gasteiger partial charge in [0.15, 0.2) is 5.65 Å². The zero-order valence-electron chi connectivity index (χ0n) is 20.3. The summed E-state index contributed by atoms with van der Waals surface area (Å²) in [5, 5.41) is 6.53. The summed E-state index contributed by atoms with van der Waals surface area (Å²) in [5.41, 5.74) is 1.39. The lowest BCUT2D eigenvalue weighted by Gasteiger charge is -2.30. The highest BCUT2D eigenvalue weighted by molar-refractivity contribution is 6.39. The van der Waals surface area contributed by atoms with E-state index in [1.807, 2.05) is 0 Å². The highest BCUT2D eigenvalue weighted by Gasteiger charge is 2.41. The molecule has 1 unspecified atom stereocenters. The third-order valence-corrected chi connectivity index (χ3v) is 7.41. The maximum Gasteiger partial charge on any atom is 0.391 e. The van der Waals surface area contributed by atoms with E-state index in [2.05, 4.69) is 25.6 Å². The number of rotatable bonds is 6. The van der Waals surface area contributed by atoms with E-state index in [-0.39, 0.29) is 49.3 Å². The van der Waals surface area contributed by atoms with Gasteiger partial charge >= 0.3 is 6.18 Å². The maximum atomic E-state index is 13.3. The number of hydrogen-bond donors (Lipinski definition) is 2. The molecule has 1 saturated heterocycles. The Kier molecular flexibility index (Phi) is 7.56. The number of imidazole rings is 1. The largest absolute Gasteiger partial charge is 0.471 e. The molecule has 204 valence electrons. The second-order valence-corrected chi connectivity index (χ2v) is 10.3. The van der Waals surface area contributed by atoms with Crippen LogP contribution in [0.5, 0.6) is 5.88 Å². The number of hydrogen-bond acceptors (Lipinski definition) is 7. The fourth-order valence-corrected chi connectivity index (χ4v) is 5.15. The predicted octanol–water partition coefficient (Wildman–Crippen LogP) is 5.43. The molecule has 2 N–H and O–H groups in total. The van der Waals surface area contributed by atoms with Crippen LogP contribution in [0.1, 0.15) is 42.5 Å². The number of aromatic nitrogens is 4. The van der Waals surface area contributed by atoms with E-state index in [1.165, 1.54) is 12.4 Å². The molecule has 0 aromatic carbocycles. The second kappa shape index (κ2) is 10.7. The molecule has 1 aliphatic heterocycles. The minimum absolute atomic E-state index is 0.0239. The van der Waals surface area contributed by atoms with Gasteiger partial charge < -0.3 is 20.1 Å². The molecule has 2 fully saturated rings. The summed E-state index contributed by atoms with van der Waals surface area (Å²) >= 11 is 12.5. The smallest absolute Gasteiger partial charge is 0.391 e. The quantitative estimate of drug-likeness (QED) is 0.405. The molecular weight excluding hydrogens is 548 g/mol. The molecule has 38 heavy (non-hydrogen) atoms. The summed E-state index contributed by atoms with van der Waals surface area (Å²) in [6.45, 7) is 0.892. The zero-order chi connectivity index (χ0) is 27.0. The van der Waals surface area contributed by atoms with E-state index in [1.54, 1.807) is 17.7 Å². The van der Waals surface area contributed by atoms with Gasteiger partial charge in [0.05, 0.1) is 34.9 Å². The Bertz CT molecular complexity index is 1320. The molecule has 1 amide bonds. The van der Waals surface area contributed by atoms with Crippen LogP contribution >= 0.6 is 23.2 Å². The summed E-state index contributed by atoms with van der Waals surface area (Å²) in [6, 6.07) is 1.18. The van der Waals surface area contributed by atoms with Gasteiger partial charge in [-0.1, -0.05) is 23.2 Å². The fourth-order valence-electron chi connectivity index (χ4n) is 4.69. The van der Waals surface area contributed by atoms with Crippen molar-refractivity contribution in [2.24, 2.45) is 13.0 Å². The number of nitrogens with zero attached hydrogens (tertiary/aromatic N) is 4. The van der Waals surface area contributed by atoms with Crippen molar-refractivity contribution >= 4 is 51.9 Å². The minimum Gasteiger partial charge on any atom is -0.471 e. The third-order valence-electron chi connectivity index (χ3n) is 6.84. The van der Waals surface area contributed by atoms with Crippen molar-refractivity contribution < 1.29 is 27.4 Å². The molecule has 2 aliphatic rings. The van der Waals surface area contributed by atoms with Crippen LogP contribution in [0.25, 0.3) is 11.2 Å². The summed E-state index contributed by atoms with van der Waals surface area (Å²) in [4.78, 5) is 26.4. The van der Waals surface area contributed by atoms with Crippen LogP contribution < -0.4 is 15.4 Å². The summed E-state index contributed by atoms with van der Waals surface area (Å²) < 4.78 is 52.3. The molecule has 0 spiro atoms. The molecule has 4 heterocycles. The summed E-state index contributed by atoms with van der Waals surface area (Å²) in [7, 11) is 1.73. The lowest BCUT2D eigenvalue weighted by atomic mass is 9.85. The Labute approximate surface area is 226 Å². The van der Waals surface area contributed by atoms with Gasteiger partial charge in [0.25, 0.3) is 5.91 Å². The number of aryl methyl sites for hydroxylation is 1. The average Bonchev–Trinajstić information content (AvgIpc) is 3.48. The van der Waals surface area contributed by atoms with Gasteiger partial charge in [0.1, 0.15) is 17.2 Å². The fraction of sp³-hybridized carbons (Fsp3) is 0.500. The third kappa shape index (κ3) is 5.62. The van der Waals surface area contributed by atoms with Gasteiger partial charge in [-0.15, -0.1) is 0 Å². The van der Waals surface area contributed by atoms with Crippen LogP contribution in [0.3, 0.4) is 0 Å². The Hall–Kier alpha value is -2.83. The Morgan fingerprint density at radius 3 is 2.47 bits per heavy atom. The average molecular weight is 573 g/mol. The zero-order valence-corrected chi connectivity index (χ0v) is 21.8. The Morgan fingerprint density at radius 1 is 1.13 bits per heavy atom. The highest BCUT2D eigenvalue weighted by atomic mass is 35.5. The van der Waals surface area contributed by atoms with Crippen LogP contribution in [0.4, 0.5) is 24.8 Å².